The quantitative estimate of drug-likeness (QED) is 0.415. The van der Waals surface area contributed by atoms with E-state index in [4.69, 9.17) is 4.42 Å². The average Bonchev–Trinajstić information content (AvgIpc) is 2.96. The number of non-ortho nitro benzene ring substituents is 1. The normalized spacial score (nSPS) is 11.3. The third kappa shape index (κ3) is 2.55. The van der Waals surface area contributed by atoms with E-state index in [2.05, 4.69) is 4.98 Å². The van der Waals surface area contributed by atoms with Gasteiger partial charge in [-0.05, 0) is 23.8 Å². The molecule has 0 fully saturated rings. The van der Waals surface area contributed by atoms with Crippen LogP contribution < -0.4 is 0 Å². The van der Waals surface area contributed by atoms with Gasteiger partial charge in [0, 0.05) is 12.1 Å². The average molecular weight is 291 g/mol. The second-order valence-corrected chi connectivity index (χ2v) is 4.51. The summed E-state index contributed by atoms with van der Waals surface area (Å²) in [5.41, 5.74) is 1.93. The number of nitrogens with zero attached hydrogens (tertiary/aromatic N) is 3. The molecule has 106 valence electrons. The minimum Gasteiger partial charge on any atom is -0.435 e. The van der Waals surface area contributed by atoms with E-state index in [-0.39, 0.29) is 17.2 Å². The molecule has 2 aromatic carbocycles. The molecule has 0 aliphatic rings. The second kappa shape index (κ2) is 5.50. The fourth-order valence-electron chi connectivity index (χ4n) is 2.02. The van der Waals surface area contributed by atoms with Gasteiger partial charge in [-0.3, -0.25) is 10.1 Å². The summed E-state index contributed by atoms with van der Waals surface area (Å²) < 4.78 is 5.54. The highest BCUT2D eigenvalue weighted by atomic mass is 16.6. The fourth-order valence-corrected chi connectivity index (χ4v) is 2.02. The predicted octanol–water partition coefficient (Wildman–Crippen LogP) is 3.80. The maximum absolute atomic E-state index is 10.8. The summed E-state index contributed by atoms with van der Waals surface area (Å²) >= 11 is 0. The van der Waals surface area contributed by atoms with E-state index in [1.807, 2.05) is 18.2 Å². The predicted molar refractivity (Wildman–Crippen MR) is 80.6 cm³/mol. The van der Waals surface area contributed by atoms with Gasteiger partial charge < -0.3 is 4.42 Å². The van der Waals surface area contributed by atoms with Gasteiger partial charge in [0.25, 0.3) is 5.69 Å². The second-order valence-electron chi connectivity index (χ2n) is 4.51. The number of hydrogen-bond acceptors (Lipinski definition) is 5. The summed E-state index contributed by atoms with van der Waals surface area (Å²) in [5.74, 6) is 0.190. The van der Waals surface area contributed by atoms with Crippen molar-refractivity contribution in [1.82, 2.24) is 4.98 Å². The van der Waals surface area contributed by atoms with Crippen LogP contribution in [0.15, 0.2) is 52.9 Å². The number of nitro groups is 1. The van der Waals surface area contributed by atoms with Gasteiger partial charge >= 0.3 is 0 Å². The Morgan fingerprint density at radius 3 is 2.82 bits per heavy atom. The highest BCUT2D eigenvalue weighted by Crippen LogP contribution is 2.23. The first-order valence-corrected chi connectivity index (χ1v) is 6.39. The minimum atomic E-state index is -0.483. The standard InChI is InChI=1S/C16H9N3O3/c17-10-12(8-11-4-3-5-13(9-11)19(20)21)16-18-14-6-1-2-7-15(14)22-16/h1-9H/b12-8+. The van der Waals surface area contributed by atoms with E-state index in [1.165, 1.54) is 18.2 Å². The summed E-state index contributed by atoms with van der Waals surface area (Å²) in [6.07, 6.45) is 1.51. The molecule has 0 aliphatic heterocycles. The van der Waals surface area contributed by atoms with Crippen molar-refractivity contribution in [3.05, 3.63) is 70.1 Å². The Morgan fingerprint density at radius 2 is 2.09 bits per heavy atom. The third-order valence-electron chi connectivity index (χ3n) is 3.04. The van der Waals surface area contributed by atoms with Gasteiger partial charge in [0.05, 0.1) is 4.92 Å². The molecule has 6 heteroatoms. The molecule has 0 amide bonds. The highest BCUT2D eigenvalue weighted by molar-refractivity contribution is 5.89. The lowest BCUT2D eigenvalue weighted by Gasteiger charge is -1.95. The number of fused-ring (bicyclic) bond motifs is 1. The van der Waals surface area contributed by atoms with E-state index in [1.54, 1.807) is 24.3 Å². The van der Waals surface area contributed by atoms with Gasteiger partial charge in [-0.25, -0.2) is 4.98 Å². The van der Waals surface area contributed by atoms with Crippen LogP contribution in [-0.4, -0.2) is 9.91 Å². The monoisotopic (exact) mass is 291 g/mol. The van der Waals surface area contributed by atoms with E-state index in [0.29, 0.717) is 16.7 Å². The molecule has 0 unspecified atom stereocenters. The molecule has 3 aromatic rings. The van der Waals surface area contributed by atoms with Crippen molar-refractivity contribution in [3.8, 4) is 6.07 Å². The van der Waals surface area contributed by atoms with Crippen molar-refractivity contribution in [2.75, 3.05) is 0 Å². The molecule has 0 atom stereocenters. The fraction of sp³-hybridized carbons (Fsp3) is 0. The first-order chi connectivity index (χ1) is 10.7. The van der Waals surface area contributed by atoms with Crippen LogP contribution in [0.2, 0.25) is 0 Å². The Bertz CT molecular complexity index is 902. The Morgan fingerprint density at radius 1 is 1.27 bits per heavy atom. The number of para-hydroxylation sites is 2. The molecule has 0 N–H and O–H groups in total. The van der Waals surface area contributed by atoms with E-state index in [9.17, 15) is 15.4 Å². The van der Waals surface area contributed by atoms with E-state index < -0.39 is 4.92 Å². The van der Waals surface area contributed by atoms with Crippen molar-refractivity contribution < 1.29 is 9.34 Å². The number of nitriles is 1. The molecule has 0 radical (unpaired) electrons. The molecule has 0 aliphatic carbocycles. The van der Waals surface area contributed by atoms with Gasteiger partial charge in [0.2, 0.25) is 5.89 Å². The number of benzene rings is 2. The zero-order chi connectivity index (χ0) is 15.5. The Labute approximate surface area is 125 Å². The van der Waals surface area contributed by atoms with Gasteiger partial charge in [-0.2, -0.15) is 5.26 Å². The molecule has 22 heavy (non-hydrogen) atoms. The number of rotatable bonds is 3. The van der Waals surface area contributed by atoms with Crippen molar-refractivity contribution >= 4 is 28.4 Å². The minimum absolute atomic E-state index is 0.0383. The SMILES string of the molecule is N#C/C(=C\c1cccc([N+](=O)[O-])c1)c1nc2ccccc2o1. The van der Waals surface area contributed by atoms with Crippen molar-refractivity contribution in [1.29, 1.82) is 5.26 Å². The molecule has 0 bridgehead atoms. The Balaban J connectivity index is 2.05. The van der Waals surface area contributed by atoms with Crippen LogP contribution in [-0.2, 0) is 0 Å². The van der Waals surface area contributed by atoms with Crippen LogP contribution in [0.3, 0.4) is 0 Å². The van der Waals surface area contributed by atoms with Crippen LogP contribution in [0.5, 0.6) is 0 Å². The largest absolute Gasteiger partial charge is 0.435 e. The van der Waals surface area contributed by atoms with Crippen LogP contribution in [0, 0.1) is 21.4 Å². The van der Waals surface area contributed by atoms with Crippen LogP contribution in [0.1, 0.15) is 11.5 Å². The third-order valence-corrected chi connectivity index (χ3v) is 3.04. The molecule has 0 spiro atoms. The molecule has 3 rings (SSSR count). The lowest BCUT2D eigenvalue weighted by Crippen LogP contribution is -1.88. The molecular weight excluding hydrogens is 282 g/mol. The zero-order valence-electron chi connectivity index (χ0n) is 11.3. The van der Waals surface area contributed by atoms with Crippen molar-refractivity contribution in [2.45, 2.75) is 0 Å². The number of allylic oxidation sites excluding steroid dienone is 1. The molecule has 0 saturated carbocycles. The van der Waals surface area contributed by atoms with Gasteiger partial charge in [0.15, 0.2) is 5.58 Å². The van der Waals surface area contributed by atoms with Crippen molar-refractivity contribution in [2.24, 2.45) is 0 Å². The zero-order valence-corrected chi connectivity index (χ0v) is 11.3. The maximum Gasteiger partial charge on any atom is 0.270 e. The molecule has 0 saturated heterocycles. The summed E-state index contributed by atoms with van der Waals surface area (Å²) in [6, 6.07) is 15.2. The number of aromatic nitrogens is 1. The maximum atomic E-state index is 10.8. The van der Waals surface area contributed by atoms with E-state index >= 15 is 0 Å². The summed E-state index contributed by atoms with van der Waals surface area (Å²) in [7, 11) is 0. The summed E-state index contributed by atoms with van der Waals surface area (Å²) in [6.45, 7) is 0. The first kappa shape index (κ1) is 13.5. The Hall–Kier alpha value is -3.46. The molecular formula is C16H9N3O3. The van der Waals surface area contributed by atoms with E-state index in [0.717, 1.165) is 0 Å². The number of oxazole rings is 1. The van der Waals surface area contributed by atoms with Crippen LogP contribution in [0.4, 0.5) is 5.69 Å². The molecule has 1 aromatic heterocycles. The topological polar surface area (TPSA) is 93.0 Å². The Kier molecular flexibility index (Phi) is 3.38. The first-order valence-electron chi connectivity index (χ1n) is 6.39. The lowest BCUT2D eigenvalue weighted by atomic mass is 10.1. The van der Waals surface area contributed by atoms with Gasteiger partial charge in [0.1, 0.15) is 17.2 Å². The van der Waals surface area contributed by atoms with Gasteiger partial charge in [-0.15, -0.1) is 0 Å². The summed E-state index contributed by atoms with van der Waals surface area (Å²) in [4.78, 5) is 14.5. The highest BCUT2D eigenvalue weighted by Gasteiger charge is 2.11. The molecule has 6 nitrogen and oxygen atoms in total. The van der Waals surface area contributed by atoms with Crippen LogP contribution in [0.25, 0.3) is 22.7 Å². The molecule has 1 heterocycles. The summed E-state index contributed by atoms with van der Waals surface area (Å²) in [5, 5.41) is 20.1. The number of hydrogen-bond donors (Lipinski definition) is 0. The number of nitro benzene ring substituents is 1. The van der Waals surface area contributed by atoms with Crippen molar-refractivity contribution in [3.63, 3.8) is 0 Å². The lowest BCUT2D eigenvalue weighted by molar-refractivity contribution is -0.384. The smallest absolute Gasteiger partial charge is 0.270 e. The van der Waals surface area contributed by atoms with Crippen LogP contribution >= 0.6 is 0 Å². The van der Waals surface area contributed by atoms with Gasteiger partial charge in [-0.1, -0.05) is 24.3 Å².